The molecule has 0 aromatic rings. The molecule has 20 heavy (non-hydrogen) atoms. The van der Waals surface area contributed by atoms with Crippen LogP contribution in [-0.2, 0) is 0 Å². The standard InChI is InChI=1S/C17H35N3/c1-4-15(2)18-14-16(3)19-12-8-17(9-13-19)20-10-6-5-7-11-20/h15-18H,4-14H2,1-3H3. The zero-order valence-electron chi connectivity index (χ0n) is 13.9. The molecule has 0 amide bonds. The summed E-state index contributed by atoms with van der Waals surface area (Å²) in [5.74, 6) is 0. The molecule has 2 aliphatic rings. The number of nitrogens with one attached hydrogen (secondary N) is 1. The van der Waals surface area contributed by atoms with Crippen LogP contribution < -0.4 is 5.32 Å². The van der Waals surface area contributed by atoms with Crippen molar-refractivity contribution in [2.45, 2.75) is 77.4 Å². The van der Waals surface area contributed by atoms with Crippen molar-refractivity contribution >= 4 is 0 Å². The van der Waals surface area contributed by atoms with E-state index in [0.29, 0.717) is 12.1 Å². The van der Waals surface area contributed by atoms with Crippen LogP contribution in [0.5, 0.6) is 0 Å². The lowest BCUT2D eigenvalue weighted by Crippen LogP contribution is -2.51. The first-order chi connectivity index (χ1) is 9.70. The lowest BCUT2D eigenvalue weighted by atomic mass is 9.99. The van der Waals surface area contributed by atoms with Gasteiger partial charge in [0.2, 0.25) is 0 Å². The Morgan fingerprint density at radius 2 is 1.65 bits per heavy atom. The van der Waals surface area contributed by atoms with Gasteiger partial charge in [-0.25, -0.2) is 0 Å². The highest BCUT2D eigenvalue weighted by Gasteiger charge is 2.27. The van der Waals surface area contributed by atoms with E-state index in [-0.39, 0.29) is 0 Å². The normalized spacial score (nSPS) is 26.6. The molecular formula is C17H35N3. The van der Waals surface area contributed by atoms with E-state index in [1.165, 1.54) is 64.7 Å². The Bertz CT molecular complexity index is 255. The minimum Gasteiger partial charge on any atom is -0.313 e. The zero-order chi connectivity index (χ0) is 14.4. The highest BCUT2D eigenvalue weighted by atomic mass is 15.2. The highest BCUT2D eigenvalue weighted by molar-refractivity contribution is 4.84. The van der Waals surface area contributed by atoms with Gasteiger partial charge >= 0.3 is 0 Å². The first kappa shape index (κ1) is 16.3. The van der Waals surface area contributed by atoms with Gasteiger partial charge in [0.1, 0.15) is 0 Å². The molecule has 0 bridgehead atoms. The summed E-state index contributed by atoms with van der Waals surface area (Å²) in [6.07, 6.45) is 8.30. The fourth-order valence-corrected chi connectivity index (χ4v) is 3.62. The van der Waals surface area contributed by atoms with Gasteiger partial charge in [-0.1, -0.05) is 13.3 Å². The molecule has 3 nitrogen and oxygen atoms in total. The van der Waals surface area contributed by atoms with Crippen molar-refractivity contribution in [1.29, 1.82) is 0 Å². The molecule has 0 aliphatic carbocycles. The maximum atomic E-state index is 3.65. The first-order valence-corrected chi connectivity index (χ1v) is 8.92. The number of rotatable bonds is 6. The zero-order valence-corrected chi connectivity index (χ0v) is 13.9. The van der Waals surface area contributed by atoms with E-state index in [9.17, 15) is 0 Å². The van der Waals surface area contributed by atoms with E-state index >= 15 is 0 Å². The molecule has 2 unspecified atom stereocenters. The topological polar surface area (TPSA) is 18.5 Å². The Hall–Kier alpha value is -0.120. The molecule has 2 atom stereocenters. The van der Waals surface area contributed by atoms with Gasteiger partial charge in [-0.05, 0) is 72.1 Å². The molecule has 2 fully saturated rings. The van der Waals surface area contributed by atoms with Gasteiger partial charge in [0.05, 0.1) is 0 Å². The van der Waals surface area contributed by atoms with Crippen LogP contribution in [0.4, 0.5) is 0 Å². The predicted molar refractivity (Wildman–Crippen MR) is 87.2 cm³/mol. The Kier molecular flexibility index (Phi) is 6.79. The molecule has 0 aromatic carbocycles. The number of nitrogens with zero attached hydrogens (tertiary/aromatic N) is 2. The minimum absolute atomic E-state index is 0.656. The predicted octanol–water partition coefficient (Wildman–Crippen LogP) is 2.71. The number of likely N-dealkylation sites (tertiary alicyclic amines) is 2. The molecule has 2 aliphatic heterocycles. The SMILES string of the molecule is CCC(C)NCC(C)N1CCC(N2CCCCC2)CC1. The number of piperidine rings is 2. The molecule has 118 valence electrons. The smallest absolute Gasteiger partial charge is 0.0192 e. The van der Waals surface area contributed by atoms with E-state index in [4.69, 9.17) is 0 Å². The van der Waals surface area contributed by atoms with Gasteiger partial charge in [-0.15, -0.1) is 0 Å². The third kappa shape index (κ3) is 4.71. The molecule has 0 aromatic heterocycles. The summed E-state index contributed by atoms with van der Waals surface area (Å²) < 4.78 is 0. The second-order valence-electron chi connectivity index (χ2n) is 6.93. The van der Waals surface area contributed by atoms with Gasteiger partial charge in [0.25, 0.3) is 0 Å². The van der Waals surface area contributed by atoms with Gasteiger partial charge in [-0.2, -0.15) is 0 Å². The second-order valence-corrected chi connectivity index (χ2v) is 6.93. The Morgan fingerprint density at radius 1 is 1.00 bits per heavy atom. The van der Waals surface area contributed by atoms with Crippen LogP contribution >= 0.6 is 0 Å². The molecule has 0 saturated carbocycles. The Morgan fingerprint density at radius 3 is 2.25 bits per heavy atom. The monoisotopic (exact) mass is 281 g/mol. The van der Waals surface area contributed by atoms with Crippen LogP contribution in [0, 0.1) is 0 Å². The lowest BCUT2D eigenvalue weighted by molar-refractivity contribution is 0.0752. The van der Waals surface area contributed by atoms with E-state index in [2.05, 4.69) is 35.9 Å². The average molecular weight is 281 g/mol. The Balaban J connectivity index is 1.67. The van der Waals surface area contributed by atoms with Gasteiger partial charge in [-0.3, -0.25) is 4.90 Å². The van der Waals surface area contributed by atoms with Crippen molar-refractivity contribution < 1.29 is 0 Å². The quantitative estimate of drug-likeness (QED) is 0.807. The van der Waals surface area contributed by atoms with Crippen LogP contribution in [0.25, 0.3) is 0 Å². The molecule has 2 rings (SSSR count). The first-order valence-electron chi connectivity index (χ1n) is 8.92. The van der Waals surface area contributed by atoms with E-state index in [1.54, 1.807) is 0 Å². The molecule has 2 heterocycles. The summed E-state index contributed by atoms with van der Waals surface area (Å²) in [7, 11) is 0. The lowest BCUT2D eigenvalue weighted by Gasteiger charge is -2.42. The molecule has 3 heteroatoms. The Labute approximate surface area is 126 Å². The average Bonchev–Trinajstić information content (AvgIpc) is 2.53. The summed E-state index contributed by atoms with van der Waals surface area (Å²) in [6.45, 7) is 13.4. The summed E-state index contributed by atoms with van der Waals surface area (Å²) in [4.78, 5) is 5.46. The molecule has 0 spiro atoms. The fourth-order valence-electron chi connectivity index (χ4n) is 3.62. The van der Waals surface area contributed by atoms with E-state index in [0.717, 1.165) is 12.6 Å². The van der Waals surface area contributed by atoms with Crippen LogP contribution in [0.1, 0.15) is 59.3 Å². The fraction of sp³-hybridized carbons (Fsp3) is 1.00. The largest absolute Gasteiger partial charge is 0.313 e. The second kappa shape index (κ2) is 8.35. The van der Waals surface area contributed by atoms with Gasteiger partial charge in [0, 0.05) is 24.7 Å². The number of hydrogen-bond acceptors (Lipinski definition) is 3. The summed E-state index contributed by atoms with van der Waals surface area (Å²) >= 11 is 0. The van der Waals surface area contributed by atoms with Crippen molar-refractivity contribution in [3.8, 4) is 0 Å². The highest BCUT2D eigenvalue weighted by Crippen LogP contribution is 2.21. The molecular weight excluding hydrogens is 246 g/mol. The molecule has 0 radical (unpaired) electrons. The maximum absolute atomic E-state index is 3.65. The van der Waals surface area contributed by atoms with Crippen molar-refractivity contribution in [2.75, 3.05) is 32.7 Å². The van der Waals surface area contributed by atoms with Crippen LogP contribution in [0.3, 0.4) is 0 Å². The van der Waals surface area contributed by atoms with E-state index in [1.807, 2.05) is 0 Å². The van der Waals surface area contributed by atoms with Crippen molar-refractivity contribution in [2.24, 2.45) is 0 Å². The maximum Gasteiger partial charge on any atom is 0.0192 e. The van der Waals surface area contributed by atoms with Crippen LogP contribution in [0.15, 0.2) is 0 Å². The van der Waals surface area contributed by atoms with Crippen LogP contribution in [-0.4, -0.2) is 60.6 Å². The van der Waals surface area contributed by atoms with Crippen molar-refractivity contribution in [1.82, 2.24) is 15.1 Å². The van der Waals surface area contributed by atoms with Gasteiger partial charge in [0.15, 0.2) is 0 Å². The van der Waals surface area contributed by atoms with Gasteiger partial charge < -0.3 is 10.2 Å². The van der Waals surface area contributed by atoms with Crippen LogP contribution in [0.2, 0.25) is 0 Å². The third-order valence-corrected chi connectivity index (χ3v) is 5.40. The molecule has 2 saturated heterocycles. The molecule has 1 N–H and O–H groups in total. The van der Waals surface area contributed by atoms with Crippen molar-refractivity contribution in [3.05, 3.63) is 0 Å². The minimum atomic E-state index is 0.656. The summed E-state index contributed by atoms with van der Waals surface area (Å²) in [5.41, 5.74) is 0. The van der Waals surface area contributed by atoms with Crippen molar-refractivity contribution in [3.63, 3.8) is 0 Å². The third-order valence-electron chi connectivity index (χ3n) is 5.40. The number of hydrogen-bond donors (Lipinski definition) is 1. The summed E-state index contributed by atoms with van der Waals surface area (Å²) in [5, 5.41) is 3.65. The summed E-state index contributed by atoms with van der Waals surface area (Å²) in [6, 6.07) is 2.22. The van der Waals surface area contributed by atoms with E-state index < -0.39 is 0 Å².